The smallest absolute Gasteiger partial charge is 0.272 e. The Bertz CT molecular complexity index is 744. The summed E-state index contributed by atoms with van der Waals surface area (Å²) in [6, 6.07) is 10.7. The van der Waals surface area contributed by atoms with E-state index in [1.165, 1.54) is 0 Å². The summed E-state index contributed by atoms with van der Waals surface area (Å²) in [5, 5.41) is 2.80. The predicted molar refractivity (Wildman–Crippen MR) is 91.3 cm³/mol. The first kappa shape index (κ1) is 17.5. The van der Waals surface area contributed by atoms with Gasteiger partial charge >= 0.3 is 0 Å². The van der Waals surface area contributed by atoms with Crippen molar-refractivity contribution in [1.82, 2.24) is 15.2 Å². The lowest BCUT2D eigenvalue weighted by molar-refractivity contribution is 0.0918. The van der Waals surface area contributed by atoms with Crippen molar-refractivity contribution < 1.29 is 13.6 Å². The van der Waals surface area contributed by atoms with E-state index in [-0.39, 0.29) is 11.1 Å². The molecule has 2 aromatic rings. The summed E-state index contributed by atoms with van der Waals surface area (Å²) in [6.45, 7) is 2.24. The molecule has 0 saturated carbocycles. The number of carbonyl (C=O) groups excluding carboxylic acids is 1. The Morgan fingerprint density at radius 1 is 1.24 bits per heavy atom. The average Bonchev–Trinajstić information content (AvgIpc) is 2.62. The zero-order valence-electron chi connectivity index (χ0n) is 14.1. The summed E-state index contributed by atoms with van der Waals surface area (Å²) in [6.07, 6.45) is 2.64. The van der Waals surface area contributed by atoms with E-state index in [0.717, 1.165) is 37.7 Å². The Labute approximate surface area is 145 Å². The SMILES string of the molecule is CN1CCC(CNC(=O)c2ncc(F)cc2F)(c2ccccc2)CC1. The molecule has 0 spiro atoms. The van der Waals surface area contributed by atoms with E-state index in [0.29, 0.717) is 12.6 Å². The van der Waals surface area contributed by atoms with Gasteiger partial charge in [0.2, 0.25) is 0 Å². The van der Waals surface area contributed by atoms with Crippen molar-refractivity contribution in [3.63, 3.8) is 0 Å². The molecule has 132 valence electrons. The summed E-state index contributed by atoms with van der Waals surface area (Å²) < 4.78 is 26.7. The van der Waals surface area contributed by atoms with Crippen LogP contribution in [0.1, 0.15) is 28.9 Å². The maximum atomic E-state index is 13.8. The van der Waals surface area contributed by atoms with Crippen LogP contribution >= 0.6 is 0 Å². The Kier molecular flexibility index (Phi) is 5.08. The van der Waals surface area contributed by atoms with Crippen LogP contribution in [0.2, 0.25) is 0 Å². The van der Waals surface area contributed by atoms with Crippen LogP contribution in [0.25, 0.3) is 0 Å². The third-order valence-corrected chi connectivity index (χ3v) is 4.94. The molecule has 6 heteroatoms. The molecule has 1 aromatic carbocycles. The summed E-state index contributed by atoms with van der Waals surface area (Å²) >= 11 is 0. The molecule has 25 heavy (non-hydrogen) atoms. The van der Waals surface area contributed by atoms with Gasteiger partial charge < -0.3 is 10.2 Å². The van der Waals surface area contributed by atoms with Gasteiger partial charge in [0.05, 0.1) is 6.20 Å². The number of amides is 1. The van der Waals surface area contributed by atoms with Crippen molar-refractivity contribution in [3.05, 3.63) is 65.5 Å². The first-order valence-corrected chi connectivity index (χ1v) is 8.33. The molecule has 0 radical (unpaired) electrons. The van der Waals surface area contributed by atoms with Crippen LogP contribution in [0.4, 0.5) is 8.78 Å². The second kappa shape index (κ2) is 7.27. The van der Waals surface area contributed by atoms with Gasteiger partial charge in [-0.15, -0.1) is 0 Å². The highest BCUT2D eigenvalue weighted by atomic mass is 19.1. The van der Waals surface area contributed by atoms with Crippen LogP contribution in [0.3, 0.4) is 0 Å². The molecule has 2 heterocycles. The van der Waals surface area contributed by atoms with Gasteiger partial charge in [0.15, 0.2) is 11.5 Å². The fourth-order valence-corrected chi connectivity index (χ4v) is 3.32. The number of nitrogens with one attached hydrogen (secondary N) is 1. The van der Waals surface area contributed by atoms with Gasteiger partial charge in [-0.3, -0.25) is 4.79 Å². The third kappa shape index (κ3) is 3.85. The summed E-state index contributed by atoms with van der Waals surface area (Å²) in [7, 11) is 2.07. The maximum absolute atomic E-state index is 13.8. The monoisotopic (exact) mass is 345 g/mol. The number of hydrogen-bond donors (Lipinski definition) is 1. The lowest BCUT2D eigenvalue weighted by Gasteiger charge is -2.41. The van der Waals surface area contributed by atoms with Gasteiger partial charge in [-0.1, -0.05) is 30.3 Å². The largest absolute Gasteiger partial charge is 0.350 e. The van der Waals surface area contributed by atoms with E-state index >= 15 is 0 Å². The van der Waals surface area contributed by atoms with Crippen molar-refractivity contribution >= 4 is 5.91 Å². The van der Waals surface area contributed by atoms with E-state index in [2.05, 4.69) is 34.4 Å². The van der Waals surface area contributed by atoms with Gasteiger partial charge in [0, 0.05) is 18.0 Å². The number of rotatable bonds is 4. The molecule has 0 aliphatic carbocycles. The number of halogens is 2. The summed E-state index contributed by atoms with van der Waals surface area (Å²) in [5.74, 6) is -2.37. The summed E-state index contributed by atoms with van der Waals surface area (Å²) in [4.78, 5) is 18.1. The van der Waals surface area contributed by atoms with Crippen LogP contribution in [-0.4, -0.2) is 42.5 Å². The zero-order chi connectivity index (χ0) is 17.9. The number of likely N-dealkylation sites (tertiary alicyclic amines) is 1. The molecule has 1 N–H and O–H groups in total. The van der Waals surface area contributed by atoms with Crippen molar-refractivity contribution in [2.75, 3.05) is 26.7 Å². The summed E-state index contributed by atoms with van der Waals surface area (Å²) in [5.41, 5.74) is 0.591. The number of carbonyl (C=O) groups is 1. The molecular formula is C19H21F2N3O. The number of hydrogen-bond acceptors (Lipinski definition) is 3. The van der Waals surface area contributed by atoms with E-state index < -0.39 is 17.5 Å². The Morgan fingerprint density at radius 3 is 2.56 bits per heavy atom. The van der Waals surface area contributed by atoms with Gasteiger partial charge in [-0.2, -0.15) is 0 Å². The first-order chi connectivity index (χ1) is 12.0. The number of benzene rings is 1. The molecule has 1 aliphatic heterocycles. The molecule has 1 fully saturated rings. The van der Waals surface area contributed by atoms with Crippen LogP contribution in [0.15, 0.2) is 42.6 Å². The van der Waals surface area contributed by atoms with Crippen LogP contribution in [0, 0.1) is 11.6 Å². The Balaban J connectivity index is 1.78. The van der Waals surface area contributed by atoms with E-state index in [1.807, 2.05) is 18.2 Å². The van der Waals surface area contributed by atoms with Gasteiger partial charge in [-0.05, 0) is 38.5 Å². The molecule has 0 atom stereocenters. The van der Waals surface area contributed by atoms with E-state index in [4.69, 9.17) is 0 Å². The molecular weight excluding hydrogens is 324 g/mol. The lowest BCUT2D eigenvalue weighted by atomic mass is 9.72. The van der Waals surface area contributed by atoms with Crippen LogP contribution in [0.5, 0.6) is 0 Å². The number of aromatic nitrogens is 1. The Hall–Kier alpha value is -2.34. The van der Waals surface area contributed by atoms with Crippen molar-refractivity contribution in [1.29, 1.82) is 0 Å². The number of piperidine rings is 1. The third-order valence-electron chi connectivity index (χ3n) is 4.94. The standard InChI is InChI=1S/C19H21F2N3O/c1-24-9-7-19(8-10-24,14-5-3-2-4-6-14)13-23-18(25)17-16(21)11-15(20)12-22-17/h2-6,11-12H,7-10,13H2,1H3,(H,23,25). The van der Waals surface area contributed by atoms with Crippen molar-refractivity contribution in [2.24, 2.45) is 0 Å². The lowest BCUT2D eigenvalue weighted by Crippen LogP contribution is -2.48. The topological polar surface area (TPSA) is 45.2 Å². The minimum atomic E-state index is -0.949. The normalized spacial score (nSPS) is 17.2. The molecule has 4 nitrogen and oxygen atoms in total. The van der Waals surface area contributed by atoms with Crippen LogP contribution in [-0.2, 0) is 5.41 Å². The first-order valence-electron chi connectivity index (χ1n) is 8.33. The fourth-order valence-electron chi connectivity index (χ4n) is 3.32. The zero-order valence-corrected chi connectivity index (χ0v) is 14.1. The van der Waals surface area contributed by atoms with Gasteiger partial charge in [0.1, 0.15) is 5.82 Å². The van der Waals surface area contributed by atoms with Crippen LogP contribution < -0.4 is 5.32 Å². The highest BCUT2D eigenvalue weighted by molar-refractivity contribution is 5.92. The maximum Gasteiger partial charge on any atom is 0.272 e. The van der Waals surface area contributed by atoms with Gasteiger partial charge in [0.25, 0.3) is 5.91 Å². The number of nitrogens with zero attached hydrogens (tertiary/aromatic N) is 2. The van der Waals surface area contributed by atoms with E-state index in [9.17, 15) is 13.6 Å². The molecule has 0 bridgehead atoms. The van der Waals surface area contributed by atoms with E-state index in [1.54, 1.807) is 0 Å². The average molecular weight is 345 g/mol. The highest BCUT2D eigenvalue weighted by Crippen LogP contribution is 2.34. The van der Waals surface area contributed by atoms with Gasteiger partial charge in [-0.25, -0.2) is 13.8 Å². The quantitative estimate of drug-likeness (QED) is 0.927. The minimum Gasteiger partial charge on any atom is -0.350 e. The molecule has 1 aliphatic rings. The van der Waals surface area contributed by atoms with Crippen molar-refractivity contribution in [3.8, 4) is 0 Å². The highest BCUT2D eigenvalue weighted by Gasteiger charge is 2.36. The second-order valence-corrected chi connectivity index (χ2v) is 6.62. The molecule has 1 amide bonds. The fraction of sp³-hybridized carbons (Fsp3) is 0.368. The molecule has 1 aromatic heterocycles. The van der Waals surface area contributed by atoms with Crippen molar-refractivity contribution in [2.45, 2.75) is 18.3 Å². The predicted octanol–water partition coefficient (Wildman–Crippen LogP) is 2.75. The molecule has 1 saturated heterocycles. The second-order valence-electron chi connectivity index (χ2n) is 6.62. The minimum absolute atomic E-state index is 0.195. The molecule has 3 rings (SSSR count). The number of pyridine rings is 1. The molecule has 0 unspecified atom stereocenters. The Morgan fingerprint density at radius 2 is 1.92 bits per heavy atom.